The molecule has 1 aromatic carbocycles. The number of nitrogens with one attached hydrogen (secondary N) is 1. The number of halogens is 4. The Morgan fingerprint density at radius 2 is 2.05 bits per heavy atom. The summed E-state index contributed by atoms with van der Waals surface area (Å²) in [6.45, 7) is 1.41. The zero-order valence-electron chi connectivity index (χ0n) is 11.8. The second-order valence-electron chi connectivity index (χ2n) is 4.57. The van der Waals surface area contributed by atoms with Crippen molar-refractivity contribution < 1.29 is 17.9 Å². The highest BCUT2D eigenvalue weighted by atomic mass is 127. The van der Waals surface area contributed by atoms with Gasteiger partial charge < -0.3 is 15.8 Å². The molecule has 0 saturated heterocycles. The van der Waals surface area contributed by atoms with E-state index >= 15 is 0 Å². The van der Waals surface area contributed by atoms with Gasteiger partial charge in [0.15, 0.2) is 5.96 Å². The molecule has 3 N–H and O–H groups in total. The van der Waals surface area contributed by atoms with Gasteiger partial charge in [-0.25, -0.2) is 9.38 Å². The van der Waals surface area contributed by atoms with Crippen molar-refractivity contribution in [1.82, 2.24) is 5.32 Å². The number of nitrogens with zero attached hydrogens (tertiary/aromatic N) is 1. The molecule has 8 heteroatoms. The van der Waals surface area contributed by atoms with Gasteiger partial charge in [-0.1, -0.05) is 19.9 Å². The Kier molecular flexibility index (Phi) is 9.14. The first-order valence-electron chi connectivity index (χ1n) is 6.16. The molecule has 0 aromatic heterocycles. The molecule has 1 aromatic rings. The Morgan fingerprint density at radius 1 is 1.38 bits per heavy atom. The highest BCUT2D eigenvalue weighted by Crippen LogP contribution is 2.24. The summed E-state index contributed by atoms with van der Waals surface area (Å²) in [6.07, 6.45) is 0. The fourth-order valence-corrected chi connectivity index (χ4v) is 1.43. The third-order valence-electron chi connectivity index (χ3n) is 2.39. The second kappa shape index (κ2) is 9.69. The smallest absolute Gasteiger partial charge is 0.387 e. The van der Waals surface area contributed by atoms with Crippen LogP contribution in [0.2, 0.25) is 0 Å². The zero-order chi connectivity index (χ0) is 15.1. The number of benzene rings is 1. The standard InChI is InChI=1S/C13H18F3N3O.HI/c1-8(2)6-18-13(17)19-7-9-10(14)4-3-5-11(9)20-12(15)16;/h3-5,8,12H,6-7H2,1-2H3,(H3,17,18,19);1H. The van der Waals surface area contributed by atoms with E-state index in [2.05, 4.69) is 15.0 Å². The lowest BCUT2D eigenvalue weighted by Gasteiger charge is -2.11. The van der Waals surface area contributed by atoms with E-state index in [-0.39, 0.29) is 47.8 Å². The number of hydrogen-bond acceptors (Lipinski definition) is 2. The molecule has 0 aliphatic rings. The molecule has 0 heterocycles. The lowest BCUT2D eigenvalue weighted by molar-refractivity contribution is -0.0506. The molecule has 0 amide bonds. The minimum Gasteiger partial charge on any atom is -0.434 e. The van der Waals surface area contributed by atoms with Gasteiger partial charge in [-0.2, -0.15) is 8.78 Å². The number of hydrogen-bond donors (Lipinski definition) is 2. The molecule has 0 bridgehead atoms. The fraction of sp³-hybridized carbons (Fsp3) is 0.462. The molecular weight excluding hydrogens is 398 g/mol. The monoisotopic (exact) mass is 417 g/mol. The van der Waals surface area contributed by atoms with Crippen LogP contribution in [0.15, 0.2) is 23.2 Å². The van der Waals surface area contributed by atoms with Gasteiger partial charge in [-0.05, 0) is 18.1 Å². The minimum atomic E-state index is -3.02. The van der Waals surface area contributed by atoms with Crippen molar-refractivity contribution in [3.63, 3.8) is 0 Å². The van der Waals surface area contributed by atoms with Gasteiger partial charge in [-0.3, -0.25) is 0 Å². The summed E-state index contributed by atoms with van der Waals surface area (Å²) in [6, 6.07) is 3.71. The summed E-state index contributed by atoms with van der Waals surface area (Å²) in [5, 5.41) is 2.85. The largest absolute Gasteiger partial charge is 0.434 e. The van der Waals surface area contributed by atoms with Gasteiger partial charge in [0.05, 0.1) is 12.1 Å². The van der Waals surface area contributed by atoms with Crippen molar-refractivity contribution in [2.24, 2.45) is 16.6 Å². The van der Waals surface area contributed by atoms with E-state index < -0.39 is 12.4 Å². The molecule has 21 heavy (non-hydrogen) atoms. The van der Waals surface area contributed by atoms with Gasteiger partial charge in [0.2, 0.25) is 0 Å². The van der Waals surface area contributed by atoms with Crippen molar-refractivity contribution in [2.45, 2.75) is 27.0 Å². The molecule has 0 fully saturated rings. The summed E-state index contributed by atoms with van der Waals surface area (Å²) in [4.78, 5) is 3.91. The van der Waals surface area contributed by atoms with Crippen LogP contribution in [0.1, 0.15) is 19.4 Å². The summed E-state index contributed by atoms with van der Waals surface area (Å²) in [7, 11) is 0. The summed E-state index contributed by atoms with van der Waals surface area (Å²) in [5.41, 5.74) is 5.55. The molecule has 0 spiro atoms. The van der Waals surface area contributed by atoms with E-state index in [0.717, 1.165) is 6.07 Å². The SMILES string of the molecule is CC(C)CNC(N)=NCc1c(F)cccc1OC(F)F.I. The topological polar surface area (TPSA) is 59.6 Å². The molecule has 0 radical (unpaired) electrons. The number of guanidine groups is 1. The summed E-state index contributed by atoms with van der Waals surface area (Å²) >= 11 is 0. The summed E-state index contributed by atoms with van der Waals surface area (Å²) in [5.74, 6) is -0.399. The molecule has 0 aliphatic heterocycles. The molecule has 0 saturated carbocycles. The molecule has 0 atom stereocenters. The molecule has 0 unspecified atom stereocenters. The van der Waals surface area contributed by atoms with E-state index in [1.54, 1.807) is 0 Å². The highest BCUT2D eigenvalue weighted by Gasteiger charge is 2.13. The van der Waals surface area contributed by atoms with Crippen LogP contribution < -0.4 is 15.8 Å². The zero-order valence-corrected chi connectivity index (χ0v) is 14.1. The normalized spacial score (nSPS) is 11.5. The molecule has 0 aliphatic carbocycles. The van der Waals surface area contributed by atoms with E-state index in [0.29, 0.717) is 12.5 Å². The Balaban J connectivity index is 0.00000400. The third-order valence-corrected chi connectivity index (χ3v) is 2.39. The van der Waals surface area contributed by atoms with Crippen molar-refractivity contribution in [2.75, 3.05) is 6.54 Å². The second-order valence-corrected chi connectivity index (χ2v) is 4.57. The summed E-state index contributed by atoms with van der Waals surface area (Å²) < 4.78 is 42.3. The third kappa shape index (κ3) is 7.39. The van der Waals surface area contributed by atoms with Crippen LogP contribution in [-0.4, -0.2) is 19.1 Å². The quantitative estimate of drug-likeness (QED) is 0.425. The molecular formula is C13H19F3IN3O. The lowest BCUT2D eigenvalue weighted by Crippen LogP contribution is -2.34. The molecule has 1 rings (SSSR count). The van der Waals surface area contributed by atoms with Crippen molar-refractivity contribution in [3.8, 4) is 5.75 Å². The van der Waals surface area contributed by atoms with Crippen LogP contribution in [-0.2, 0) is 6.54 Å². The lowest BCUT2D eigenvalue weighted by atomic mass is 10.2. The van der Waals surface area contributed by atoms with E-state index in [4.69, 9.17) is 5.73 Å². The van der Waals surface area contributed by atoms with E-state index in [9.17, 15) is 13.2 Å². The number of ether oxygens (including phenoxy) is 1. The van der Waals surface area contributed by atoms with Crippen molar-refractivity contribution >= 4 is 29.9 Å². The molecule has 120 valence electrons. The number of aliphatic imine (C=N–C) groups is 1. The maximum Gasteiger partial charge on any atom is 0.387 e. The van der Waals surface area contributed by atoms with Gasteiger partial charge in [-0.15, -0.1) is 24.0 Å². The van der Waals surface area contributed by atoms with Crippen LogP contribution >= 0.6 is 24.0 Å². The first-order chi connectivity index (χ1) is 9.40. The van der Waals surface area contributed by atoms with Crippen LogP contribution in [0.4, 0.5) is 13.2 Å². The predicted molar refractivity (Wildman–Crippen MR) is 86.6 cm³/mol. The Labute approximate surface area is 139 Å². The molecule has 4 nitrogen and oxygen atoms in total. The Hall–Kier alpha value is -1.19. The Bertz CT molecular complexity index is 470. The van der Waals surface area contributed by atoms with Gasteiger partial charge >= 0.3 is 6.61 Å². The van der Waals surface area contributed by atoms with Gasteiger partial charge in [0.25, 0.3) is 0 Å². The average molecular weight is 417 g/mol. The maximum atomic E-state index is 13.6. The number of rotatable bonds is 6. The van der Waals surface area contributed by atoms with Crippen LogP contribution in [0.25, 0.3) is 0 Å². The highest BCUT2D eigenvalue weighted by molar-refractivity contribution is 14.0. The van der Waals surface area contributed by atoms with Crippen LogP contribution in [0.3, 0.4) is 0 Å². The van der Waals surface area contributed by atoms with Crippen molar-refractivity contribution in [1.29, 1.82) is 0 Å². The van der Waals surface area contributed by atoms with Gasteiger partial charge in [0.1, 0.15) is 11.6 Å². The van der Waals surface area contributed by atoms with Crippen molar-refractivity contribution in [3.05, 3.63) is 29.6 Å². The van der Waals surface area contributed by atoms with Crippen LogP contribution in [0, 0.1) is 11.7 Å². The minimum absolute atomic E-state index is 0. The fourth-order valence-electron chi connectivity index (χ4n) is 1.43. The van der Waals surface area contributed by atoms with E-state index in [1.807, 2.05) is 13.8 Å². The first kappa shape index (κ1) is 19.8. The Morgan fingerprint density at radius 3 is 2.62 bits per heavy atom. The van der Waals surface area contributed by atoms with Gasteiger partial charge in [0, 0.05) is 6.54 Å². The van der Waals surface area contributed by atoms with E-state index in [1.165, 1.54) is 12.1 Å². The number of nitrogens with two attached hydrogens (primary N) is 1. The maximum absolute atomic E-state index is 13.6. The van der Waals surface area contributed by atoms with Crippen LogP contribution in [0.5, 0.6) is 5.75 Å². The predicted octanol–water partition coefficient (Wildman–Crippen LogP) is 3.11. The number of alkyl halides is 2. The average Bonchev–Trinajstić information content (AvgIpc) is 2.35. The first-order valence-corrected chi connectivity index (χ1v) is 6.16.